The third-order valence-electron chi connectivity index (χ3n) is 1.19. The van der Waals surface area contributed by atoms with Gasteiger partial charge in [0, 0.05) is 9.99 Å². The maximum absolute atomic E-state index is 12.4. The van der Waals surface area contributed by atoms with Gasteiger partial charge in [0.1, 0.15) is 5.82 Å². The number of aromatic nitrogens is 1. The number of nitrogens with zero attached hydrogens (tertiary/aromatic N) is 1. The maximum Gasteiger partial charge on any atom is 0.250 e. The minimum atomic E-state index is -1.14. The number of nitrogen functional groups attached to an aromatic ring is 1. The summed E-state index contributed by atoms with van der Waals surface area (Å²) in [6.45, 7) is 0. The zero-order valence-electron chi connectivity index (χ0n) is 5.44. The molecule has 0 bridgehead atoms. The predicted octanol–water partition coefficient (Wildman–Crippen LogP) is 1.88. The van der Waals surface area contributed by atoms with Gasteiger partial charge in [0.15, 0.2) is 5.82 Å². The fourth-order valence-electron chi connectivity index (χ4n) is 0.624. The highest BCUT2D eigenvalue weighted by atomic mass is 127. The molecule has 0 radical (unpaired) electrons. The van der Waals surface area contributed by atoms with Crippen LogP contribution in [0, 0.1) is 11.8 Å². The molecular formula is C6H5F2IN2. The van der Waals surface area contributed by atoms with E-state index in [1.54, 1.807) is 0 Å². The predicted molar refractivity (Wildman–Crippen MR) is 46.3 cm³/mol. The van der Waals surface area contributed by atoms with E-state index in [2.05, 4.69) is 4.98 Å². The standard InChI is InChI=1S/C6H5F2IN2/c7-4-1-3(2-9)6(10)11-5(4)8/h1H,2H2,(H2,10,11). The van der Waals surface area contributed by atoms with Gasteiger partial charge in [-0.1, -0.05) is 22.6 Å². The lowest BCUT2D eigenvalue weighted by molar-refractivity contribution is 0.480. The Hall–Kier alpha value is -0.460. The van der Waals surface area contributed by atoms with Crippen LogP contribution in [-0.4, -0.2) is 4.98 Å². The minimum absolute atomic E-state index is 0.0540. The van der Waals surface area contributed by atoms with Crippen molar-refractivity contribution in [1.82, 2.24) is 4.98 Å². The molecule has 11 heavy (non-hydrogen) atoms. The summed E-state index contributed by atoms with van der Waals surface area (Å²) in [6.07, 6.45) is 0. The van der Waals surface area contributed by atoms with Gasteiger partial charge in [0.25, 0.3) is 5.95 Å². The second kappa shape index (κ2) is 3.29. The number of rotatable bonds is 1. The van der Waals surface area contributed by atoms with Crippen LogP contribution in [0.15, 0.2) is 6.07 Å². The first-order valence-corrected chi connectivity index (χ1v) is 4.34. The van der Waals surface area contributed by atoms with Crippen LogP contribution in [0.4, 0.5) is 14.6 Å². The van der Waals surface area contributed by atoms with Crippen LogP contribution in [0.1, 0.15) is 5.56 Å². The van der Waals surface area contributed by atoms with Crippen molar-refractivity contribution in [2.45, 2.75) is 4.43 Å². The number of halogens is 3. The number of alkyl halides is 1. The summed E-state index contributed by atoms with van der Waals surface area (Å²) in [6, 6.07) is 1.06. The molecule has 0 aliphatic heterocycles. The van der Waals surface area contributed by atoms with E-state index in [-0.39, 0.29) is 5.82 Å². The molecule has 0 spiro atoms. The van der Waals surface area contributed by atoms with Gasteiger partial charge in [-0.05, 0) is 6.07 Å². The van der Waals surface area contributed by atoms with Gasteiger partial charge in [-0.2, -0.15) is 9.37 Å². The third kappa shape index (κ3) is 1.76. The summed E-state index contributed by atoms with van der Waals surface area (Å²) in [7, 11) is 0. The van der Waals surface area contributed by atoms with Crippen LogP contribution in [0.5, 0.6) is 0 Å². The SMILES string of the molecule is Nc1nc(F)c(F)cc1CI. The van der Waals surface area contributed by atoms with Gasteiger partial charge in [-0.15, -0.1) is 0 Å². The van der Waals surface area contributed by atoms with E-state index in [4.69, 9.17) is 5.73 Å². The van der Waals surface area contributed by atoms with Crippen molar-refractivity contribution >= 4 is 28.4 Å². The van der Waals surface area contributed by atoms with Crippen LogP contribution < -0.4 is 5.73 Å². The van der Waals surface area contributed by atoms with Crippen molar-refractivity contribution < 1.29 is 8.78 Å². The Kier molecular flexibility index (Phi) is 2.58. The molecule has 2 nitrogen and oxygen atoms in total. The van der Waals surface area contributed by atoms with Crippen molar-refractivity contribution in [3.63, 3.8) is 0 Å². The smallest absolute Gasteiger partial charge is 0.250 e. The van der Waals surface area contributed by atoms with E-state index in [1.807, 2.05) is 22.6 Å². The molecule has 1 aromatic heterocycles. The Bertz CT molecular complexity index is 278. The first kappa shape index (κ1) is 8.63. The number of hydrogen-bond acceptors (Lipinski definition) is 2. The number of nitrogens with two attached hydrogens (primary N) is 1. The highest BCUT2D eigenvalue weighted by Gasteiger charge is 2.07. The second-order valence-corrected chi connectivity index (χ2v) is 2.70. The van der Waals surface area contributed by atoms with Gasteiger partial charge in [0.2, 0.25) is 0 Å². The number of anilines is 1. The van der Waals surface area contributed by atoms with Crippen LogP contribution in [0.3, 0.4) is 0 Å². The minimum Gasteiger partial charge on any atom is -0.383 e. The summed E-state index contributed by atoms with van der Waals surface area (Å²) < 4.78 is 25.3. The Morgan fingerprint density at radius 3 is 2.73 bits per heavy atom. The molecule has 2 N–H and O–H groups in total. The molecule has 0 saturated carbocycles. The average molecular weight is 270 g/mol. The number of hydrogen-bond donors (Lipinski definition) is 1. The largest absolute Gasteiger partial charge is 0.383 e. The topological polar surface area (TPSA) is 38.9 Å². The molecule has 0 fully saturated rings. The van der Waals surface area contributed by atoms with E-state index in [9.17, 15) is 8.78 Å². The fourth-order valence-corrected chi connectivity index (χ4v) is 1.24. The Morgan fingerprint density at radius 2 is 2.18 bits per heavy atom. The summed E-state index contributed by atoms with van der Waals surface area (Å²) in [5.41, 5.74) is 5.80. The zero-order valence-corrected chi connectivity index (χ0v) is 7.60. The lowest BCUT2D eigenvalue weighted by Crippen LogP contribution is -2.00. The average Bonchev–Trinajstić information content (AvgIpc) is 1.97. The van der Waals surface area contributed by atoms with E-state index >= 15 is 0 Å². The molecule has 0 aliphatic rings. The fraction of sp³-hybridized carbons (Fsp3) is 0.167. The Morgan fingerprint density at radius 1 is 1.55 bits per heavy atom. The molecule has 0 saturated heterocycles. The first-order valence-electron chi connectivity index (χ1n) is 2.81. The van der Waals surface area contributed by atoms with E-state index < -0.39 is 11.8 Å². The van der Waals surface area contributed by atoms with E-state index in [0.29, 0.717) is 9.99 Å². The second-order valence-electron chi connectivity index (χ2n) is 1.94. The lowest BCUT2D eigenvalue weighted by Gasteiger charge is -2.00. The van der Waals surface area contributed by atoms with Crippen molar-refractivity contribution in [2.24, 2.45) is 0 Å². The molecule has 0 aliphatic carbocycles. The summed E-state index contributed by atoms with van der Waals surface area (Å²) in [4.78, 5) is 3.18. The van der Waals surface area contributed by atoms with Crippen LogP contribution in [0.25, 0.3) is 0 Å². The molecule has 5 heteroatoms. The quantitative estimate of drug-likeness (QED) is 0.480. The summed E-state index contributed by atoms with van der Waals surface area (Å²) in [5, 5.41) is 0. The molecule has 0 aromatic carbocycles. The monoisotopic (exact) mass is 270 g/mol. The normalized spacial score (nSPS) is 10.1. The van der Waals surface area contributed by atoms with Crippen LogP contribution in [0.2, 0.25) is 0 Å². The Labute approximate surface area is 75.9 Å². The van der Waals surface area contributed by atoms with Gasteiger partial charge in [0.05, 0.1) is 0 Å². The first-order chi connectivity index (χ1) is 5.15. The van der Waals surface area contributed by atoms with Gasteiger partial charge < -0.3 is 5.73 Å². The van der Waals surface area contributed by atoms with Gasteiger partial charge >= 0.3 is 0 Å². The molecule has 60 valence electrons. The molecule has 1 aromatic rings. The summed E-state index contributed by atoms with van der Waals surface area (Å²) >= 11 is 2.00. The van der Waals surface area contributed by atoms with Gasteiger partial charge in [-0.25, -0.2) is 4.39 Å². The molecule has 1 heterocycles. The lowest BCUT2D eigenvalue weighted by atomic mass is 10.3. The molecule has 0 unspecified atom stereocenters. The molecule has 0 amide bonds. The van der Waals surface area contributed by atoms with Crippen LogP contribution in [-0.2, 0) is 4.43 Å². The van der Waals surface area contributed by atoms with E-state index in [1.165, 1.54) is 0 Å². The number of pyridine rings is 1. The van der Waals surface area contributed by atoms with Crippen molar-refractivity contribution in [3.8, 4) is 0 Å². The molecular weight excluding hydrogens is 265 g/mol. The van der Waals surface area contributed by atoms with Gasteiger partial charge in [-0.3, -0.25) is 0 Å². The molecule has 1 rings (SSSR count). The maximum atomic E-state index is 12.4. The zero-order chi connectivity index (χ0) is 8.43. The van der Waals surface area contributed by atoms with Crippen LogP contribution >= 0.6 is 22.6 Å². The van der Waals surface area contributed by atoms with E-state index in [0.717, 1.165) is 6.07 Å². The van der Waals surface area contributed by atoms with Crippen molar-refractivity contribution in [2.75, 3.05) is 5.73 Å². The van der Waals surface area contributed by atoms with Crippen molar-refractivity contribution in [3.05, 3.63) is 23.4 Å². The molecule has 0 atom stereocenters. The highest BCUT2D eigenvalue weighted by molar-refractivity contribution is 14.1. The van der Waals surface area contributed by atoms with Crippen molar-refractivity contribution in [1.29, 1.82) is 0 Å². The summed E-state index contributed by atoms with van der Waals surface area (Å²) in [5.74, 6) is -2.04. The Balaban J connectivity index is 3.21. The highest BCUT2D eigenvalue weighted by Crippen LogP contribution is 2.15. The third-order valence-corrected chi connectivity index (χ3v) is 2.01.